The van der Waals surface area contributed by atoms with E-state index in [2.05, 4.69) is 30.5 Å². The molecule has 46 heavy (non-hydrogen) atoms. The largest absolute Gasteiger partial charge is 0.336 e. The van der Waals surface area contributed by atoms with Crippen molar-refractivity contribution < 1.29 is 22.0 Å². The molecule has 236 valence electrons. The summed E-state index contributed by atoms with van der Waals surface area (Å²) in [7, 11) is -3.24. The van der Waals surface area contributed by atoms with E-state index in [0.717, 1.165) is 6.26 Å². The van der Waals surface area contributed by atoms with Crippen molar-refractivity contribution in [3.05, 3.63) is 78.3 Å². The molecule has 6 rings (SSSR count). The van der Waals surface area contributed by atoms with Gasteiger partial charge in [-0.15, -0.1) is 0 Å². The summed E-state index contributed by atoms with van der Waals surface area (Å²) >= 11 is 0. The van der Waals surface area contributed by atoms with E-state index in [1.165, 1.54) is 24.5 Å². The Morgan fingerprint density at radius 2 is 1.78 bits per heavy atom. The summed E-state index contributed by atoms with van der Waals surface area (Å²) in [6, 6.07) is 11.0. The summed E-state index contributed by atoms with van der Waals surface area (Å²) in [5, 5.41) is 10.3. The summed E-state index contributed by atoms with van der Waals surface area (Å²) in [6.45, 7) is 5.90. The Kier molecular flexibility index (Phi) is 7.88. The minimum atomic E-state index is -3.24. The maximum atomic E-state index is 16.3. The van der Waals surface area contributed by atoms with Gasteiger partial charge < -0.3 is 10.3 Å². The number of rotatable bonds is 8. The number of fused-ring (bicyclic) bond motifs is 2. The SMILES string of the molecule is CC(C)(C)CC(=O)Nc1cncc(-c2ccc3[nH]nc(-c4nc5c(-c6cc(F)cc(CCS(C)(=O)=O)c6)nccc5[nH]4)c3c2F)c1. The lowest BCUT2D eigenvalue weighted by Gasteiger charge is -2.17. The number of H-pyrrole nitrogens is 2. The molecule has 0 bridgehead atoms. The van der Waals surface area contributed by atoms with Gasteiger partial charge in [-0.1, -0.05) is 20.8 Å². The Bertz CT molecular complexity index is 2240. The number of nitrogens with one attached hydrogen (secondary N) is 3. The van der Waals surface area contributed by atoms with Gasteiger partial charge in [0.25, 0.3) is 0 Å². The summed E-state index contributed by atoms with van der Waals surface area (Å²) in [4.78, 5) is 29.0. The maximum absolute atomic E-state index is 16.3. The Hall–Kier alpha value is -5.04. The number of anilines is 1. The number of halogens is 2. The topological polar surface area (TPSA) is 146 Å². The molecule has 13 heteroatoms. The van der Waals surface area contributed by atoms with Crippen LogP contribution in [0.2, 0.25) is 0 Å². The number of aromatic amines is 2. The van der Waals surface area contributed by atoms with E-state index in [4.69, 9.17) is 4.98 Å². The van der Waals surface area contributed by atoms with E-state index < -0.39 is 21.5 Å². The molecule has 0 atom stereocenters. The molecule has 0 spiro atoms. The van der Waals surface area contributed by atoms with Crippen molar-refractivity contribution in [1.82, 2.24) is 30.1 Å². The summed E-state index contributed by atoms with van der Waals surface area (Å²) < 4.78 is 54.3. The lowest BCUT2D eigenvalue weighted by molar-refractivity contribution is -0.117. The highest BCUT2D eigenvalue weighted by atomic mass is 32.2. The van der Waals surface area contributed by atoms with E-state index in [9.17, 15) is 17.6 Å². The van der Waals surface area contributed by atoms with Crippen molar-refractivity contribution in [2.75, 3.05) is 17.3 Å². The molecule has 0 saturated heterocycles. The molecular formula is C33H31F2N7O3S. The molecule has 0 aliphatic carbocycles. The molecule has 0 aliphatic heterocycles. The number of nitrogens with zero attached hydrogens (tertiary/aromatic N) is 4. The number of hydrogen-bond donors (Lipinski definition) is 3. The molecular weight excluding hydrogens is 612 g/mol. The van der Waals surface area contributed by atoms with E-state index in [1.54, 1.807) is 36.5 Å². The van der Waals surface area contributed by atoms with Crippen molar-refractivity contribution in [3.8, 4) is 33.9 Å². The number of aromatic nitrogens is 6. The van der Waals surface area contributed by atoms with Crippen LogP contribution in [-0.2, 0) is 21.1 Å². The van der Waals surface area contributed by atoms with Crippen molar-refractivity contribution in [1.29, 1.82) is 0 Å². The molecule has 3 N–H and O–H groups in total. The van der Waals surface area contributed by atoms with Gasteiger partial charge >= 0.3 is 0 Å². The van der Waals surface area contributed by atoms with Crippen LogP contribution >= 0.6 is 0 Å². The van der Waals surface area contributed by atoms with Crippen LogP contribution in [0.1, 0.15) is 32.8 Å². The van der Waals surface area contributed by atoms with Crippen LogP contribution in [0.5, 0.6) is 0 Å². The van der Waals surface area contributed by atoms with Crippen LogP contribution in [0.4, 0.5) is 14.5 Å². The first-order valence-electron chi connectivity index (χ1n) is 14.5. The van der Waals surface area contributed by atoms with Crippen LogP contribution in [0.25, 0.3) is 55.8 Å². The highest BCUT2D eigenvalue weighted by Gasteiger charge is 2.22. The minimum Gasteiger partial charge on any atom is -0.336 e. The number of benzene rings is 2. The second-order valence-electron chi connectivity index (χ2n) is 12.5. The number of pyridine rings is 2. The number of imidazole rings is 1. The molecule has 2 aromatic carbocycles. The zero-order chi connectivity index (χ0) is 32.8. The first-order chi connectivity index (χ1) is 21.7. The zero-order valence-electron chi connectivity index (χ0n) is 25.6. The number of carbonyl (C=O) groups excluding carboxylic acids is 1. The smallest absolute Gasteiger partial charge is 0.224 e. The lowest BCUT2D eigenvalue weighted by Crippen LogP contribution is -2.19. The highest BCUT2D eigenvalue weighted by molar-refractivity contribution is 7.90. The molecule has 1 amide bonds. The molecule has 0 radical (unpaired) electrons. The van der Waals surface area contributed by atoms with Crippen LogP contribution in [0.3, 0.4) is 0 Å². The normalized spacial score (nSPS) is 12.2. The minimum absolute atomic E-state index is 0.119. The second-order valence-corrected chi connectivity index (χ2v) is 14.8. The molecule has 6 aromatic rings. The van der Waals surface area contributed by atoms with Gasteiger partial charge in [-0.05, 0) is 59.9 Å². The lowest BCUT2D eigenvalue weighted by atomic mass is 9.92. The van der Waals surface area contributed by atoms with Crippen molar-refractivity contribution in [2.45, 2.75) is 33.6 Å². The molecule has 0 aliphatic rings. The van der Waals surface area contributed by atoms with Crippen LogP contribution in [-0.4, -0.2) is 56.5 Å². The summed E-state index contributed by atoms with van der Waals surface area (Å²) in [6.07, 6.45) is 6.17. The van der Waals surface area contributed by atoms with Gasteiger partial charge in [0, 0.05) is 41.8 Å². The van der Waals surface area contributed by atoms with Gasteiger partial charge in [0.2, 0.25) is 5.91 Å². The fourth-order valence-electron chi connectivity index (χ4n) is 5.30. The highest BCUT2D eigenvalue weighted by Crippen LogP contribution is 2.36. The molecule has 4 heterocycles. The summed E-state index contributed by atoms with van der Waals surface area (Å²) in [5.41, 5.74) is 3.94. The van der Waals surface area contributed by atoms with Crippen molar-refractivity contribution in [3.63, 3.8) is 0 Å². The number of carbonyl (C=O) groups is 1. The molecule has 4 aromatic heterocycles. The Labute approximate surface area is 263 Å². The first kappa shape index (κ1) is 31.0. The standard InChI is InChI=1S/C33H31F2N7O3S/c1-33(2,3)15-26(43)38-22-14-20(16-36-17-22)23-5-6-24-27(28(23)35)31(42-41-24)32-39-25-7-9-37-29(30(25)40-32)19-11-18(12-21(34)13-19)8-10-46(4,44)45/h5-7,9,11-14,16-17H,8,10,15H2,1-4H3,(H,38,43)(H,39,40)(H,41,42). The van der Waals surface area contributed by atoms with Gasteiger partial charge in [-0.25, -0.2) is 22.2 Å². The summed E-state index contributed by atoms with van der Waals surface area (Å²) in [5.74, 6) is -1.11. The average molecular weight is 644 g/mol. The Morgan fingerprint density at radius 3 is 2.54 bits per heavy atom. The fraction of sp³-hybridized carbons (Fsp3) is 0.242. The fourth-order valence-corrected chi connectivity index (χ4v) is 5.91. The Morgan fingerprint density at radius 1 is 0.978 bits per heavy atom. The number of sulfone groups is 1. The van der Waals surface area contributed by atoms with Crippen molar-refractivity contribution in [2.24, 2.45) is 5.41 Å². The van der Waals surface area contributed by atoms with E-state index in [-0.39, 0.29) is 46.0 Å². The van der Waals surface area contributed by atoms with Crippen LogP contribution in [0.15, 0.2) is 61.1 Å². The predicted octanol–water partition coefficient (Wildman–Crippen LogP) is 6.47. The van der Waals surface area contributed by atoms with E-state index in [1.807, 2.05) is 20.8 Å². The van der Waals surface area contributed by atoms with Crippen LogP contribution in [0, 0.1) is 17.0 Å². The second kappa shape index (κ2) is 11.7. The van der Waals surface area contributed by atoms with Gasteiger partial charge in [0.05, 0.1) is 39.8 Å². The monoisotopic (exact) mass is 643 g/mol. The molecule has 10 nitrogen and oxygen atoms in total. The van der Waals surface area contributed by atoms with Gasteiger partial charge in [0.15, 0.2) is 5.82 Å². The third-order valence-corrected chi connectivity index (χ3v) is 8.25. The quantitative estimate of drug-likeness (QED) is 0.172. The predicted molar refractivity (Wildman–Crippen MR) is 174 cm³/mol. The van der Waals surface area contributed by atoms with Gasteiger partial charge in [0.1, 0.15) is 32.7 Å². The maximum Gasteiger partial charge on any atom is 0.224 e. The number of amides is 1. The molecule has 0 unspecified atom stereocenters. The van der Waals surface area contributed by atoms with E-state index in [0.29, 0.717) is 51.0 Å². The van der Waals surface area contributed by atoms with E-state index >= 15 is 4.39 Å². The molecule has 0 fully saturated rings. The van der Waals surface area contributed by atoms with Gasteiger partial charge in [-0.2, -0.15) is 5.10 Å². The third kappa shape index (κ3) is 6.64. The third-order valence-electron chi connectivity index (χ3n) is 7.31. The number of aryl methyl sites for hydroxylation is 1. The number of hydrogen-bond acceptors (Lipinski definition) is 7. The molecule has 0 saturated carbocycles. The average Bonchev–Trinajstić information content (AvgIpc) is 3.59. The zero-order valence-corrected chi connectivity index (χ0v) is 26.4. The van der Waals surface area contributed by atoms with Crippen molar-refractivity contribution >= 4 is 43.4 Å². The van der Waals surface area contributed by atoms with Crippen LogP contribution < -0.4 is 5.32 Å². The first-order valence-corrected chi connectivity index (χ1v) is 16.5. The Balaban J connectivity index is 1.38. The van der Waals surface area contributed by atoms with Gasteiger partial charge in [-0.3, -0.25) is 19.9 Å².